The number of H-pyrrole nitrogens is 1. The van der Waals surface area contributed by atoms with Gasteiger partial charge in [-0.1, -0.05) is 30.3 Å². The van der Waals surface area contributed by atoms with Crippen molar-refractivity contribution < 1.29 is 9.53 Å². The van der Waals surface area contributed by atoms with E-state index in [9.17, 15) is 4.79 Å². The van der Waals surface area contributed by atoms with Gasteiger partial charge in [0.1, 0.15) is 0 Å². The van der Waals surface area contributed by atoms with Crippen molar-refractivity contribution in [3.63, 3.8) is 0 Å². The van der Waals surface area contributed by atoms with Crippen LogP contribution in [0.1, 0.15) is 26.7 Å². The maximum atomic E-state index is 12.6. The molecule has 1 aliphatic heterocycles. The molecule has 0 spiro atoms. The Labute approximate surface area is 147 Å². The van der Waals surface area contributed by atoms with Gasteiger partial charge >= 0.3 is 0 Å². The van der Waals surface area contributed by atoms with Crippen LogP contribution in [0.3, 0.4) is 0 Å². The third-order valence-corrected chi connectivity index (χ3v) is 4.50. The standard InChI is InChI=1S/C18H25N5O2/c1-18(2,19-12-13-8-10-25-11-9-13)16(24)21-17-20-15(22-23-17)14-6-4-3-5-7-14/h3-7,13,19H,8-12H2,1-2H3,(H2,20,21,22,23,24). The predicted octanol–water partition coefficient (Wildman–Crippen LogP) is 2.21. The van der Waals surface area contributed by atoms with E-state index >= 15 is 0 Å². The number of ether oxygens (including phenoxy) is 1. The first kappa shape index (κ1) is 17.6. The largest absolute Gasteiger partial charge is 0.381 e. The lowest BCUT2D eigenvalue weighted by molar-refractivity contribution is -0.121. The minimum atomic E-state index is -0.703. The quantitative estimate of drug-likeness (QED) is 0.748. The van der Waals surface area contributed by atoms with Crippen molar-refractivity contribution in [2.75, 3.05) is 25.1 Å². The van der Waals surface area contributed by atoms with Gasteiger partial charge in [0.25, 0.3) is 0 Å². The summed E-state index contributed by atoms with van der Waals surface area (Å²) in [7, 11) is 0. The lowest BCUT2D eigenvalue weighted by atomic mass is 9.97. The van der Waals surface area contributed by atoms with Crippen LogP contribution in [0.15, 0.2) is 30.3 Å². The van der Waals surface area contributed by atoms with Crippen molar-refractivity contribution in [3.8, 4) is 11.4 Å². The second-order valence-corrected chi connectivity index (χ2v) is 6.89. The molecule has 7 heteroatoms. The van der Waals surface area contributed by atoms with Gasteiger partial charge in [0.15, 0.2) is 5.82 Å². The molecule has 134 valence electrons. The van der Waals surface area contributed by atoms with Crippen molar-refractivity contribution in [1.29, 1.82) is 0 Å². The molecule has 0 aliphatic carbocycles. The van der Waals surface area contributed by atoms with Gasteiger partial charge in [-0.05, 0) is 39.2 Å². The molecule has 1 amide bonds. The summed E-state index contributed by atoms with van der Waals surface area (Å²) in [6, 6.07) is 9.67. The summed E-state index contributed by atoms with van der Waals surface area (Å²) in [6.07, 6.45) is 2.07. The molecule has 1 fully saturated rings. The Kier molecular flexibility index (Phi) is 5.45. The fraction of sp³-hybridized carbons (Fsp3) is 0.500. The molecule has 1 aliphatic rings. The third kappa shape index (κ3) is 4.64. The number of carbonyl (C=O) groups excluding carboxylic acids is 1. The average molecular weight is 343 g/mol. The van der Waals surface area contributed by atoms with E-state index in [4.69, 9.17) is 4.74 Å². The van der Waals surface area contributed by atoms with E-state index in [2.05, 4.69) is 25.8 Å². The van der Waals surface area contributed by atoms with Crippen molar-refractivity contribution in [3.05, 3.63) is 30.3 Å². The van der Waals surface area contributed by atoms with E-state index < -0.39 is 5.54 Å². The molecule has 1 aromatic heterocycles. The zero-order valence-corrected chi connectivity index (χ0v) is 14.7. The van der Waals surface area contributed by atoms with Gasteiger partial charge in [-0.2, -0.15) is 4.98 Å². The normalized spacial score (nSPS) is 15.9. The Bertz CT molecular complexity index is 693. The monoisotopic (exact) mass is 343 g/mol. The molecule has 25 heavy (non-hydrogen) atoms. The fourth-order valence-electron chi connectivity index (χ4n) is 2.73. The number of aromatic nitrogens is 3. The first-order chi connectivity index (χ1) is 12.0. The van der Waals surface area contributed by atoms with Crippen LogP contribution in [-0.4, -0.2) is 46.4 Å². The second-order valence-electron chi connectivity index (χ2n) is 6.89. The lowest BCUT2D eigenvalue weighted by Crippen LogP contribution is -2.51. The number of nitrogens with zero attached hydrogens (tertiary/aromatic N) is 2. The third-order valence-electron chi connectivity index (χ3n) is 4.50. The SMILES string of the molecule is CC(C)(NCC1CCOCC1)C(=O)Nc1n[nH]c(-c2ccccc2)n1. The van der Waals surface area contributed by atoms with Crippen LogP contribution >= 0.6 is 0 Å². The number of hydrogen-bond acceptors (Lipinski definition) is 5. The predicted molar refractivity (Wildman–Crippen MR) is 96.1 cm³/mol. The van der Waals surface area contributed by atoms with Crippen molar-refractivity contribution in [1.82, 2.24) is 20.5 Å². The lowest BCUT2D eigenvalue weighted by Gasteiger charge is -2.29. The number of rotatable bonds is 6. The molecule has 3 N–H and O–H groups in total. The molecule has 1 aromatic carbocycles. The Morgan fingerprint density at radius 1 is 1.28 bits per heavy atom. The average Bonchev–Trinajstić information content (AvgIpc) is 3.10. The molecular formula is C18H25N5O2. The number of benzene rings is 1. The highest BCUT2D eigenvalue weighted by Gasteiger charge is 2.29. The van der Waals surface area contributed by atoms with Gasteiger partial charge < -0.3 is 10.1 Å². The molecular weight excluding hydrogens is 318 g/mol. The number of amides is 1. The van der Waals surface area contributed by atoms with Crippen molar-refractivity contribution in [2.24, 2.45) is 5.92 Å². The van der Waals surface area contributed by atoms with Gasteiger partial charge in [0.05, 0.1) is 5.54 Å². The topological polar surface area (TPSA) is 91.9 Å². The number of nitrogens with one attached hydrogen (secondary N) is 3. The van der Waals surface area contributed by atoms with E-state index in [1.165, 1.54) is 0 Å². The highest BCUT2D eigenvalue weighted by molar-refractivity contribution is 5.96. The molecule has 0 bridgehead atoms. The van der Waals surface area contributed by atoms with Crippen LogP contribution in [0, 0.1) is 5.92 Å². The Hall–Kier alpha value is -2.25. The molecule has 2 aromatic rings. The molecule has 0 atom stereocenters. The van der Waals surface area contributed by atoms with Crippen LogP contribution in [-0.2, 0) is 9.53 Å². The molecule has 0 saturated carbocycles. The van der Waals surface area contributed by atoms with E-state index in [-0.39, 0.29) is 11.9 Å². The molecule has 2 heterocycles. The van der Waals surface area contributed by atoms with Crippen LogP contribution in [0.4, 0.5) is 5.95 Å². The van der Waals surface area contributed by atoms with Crippen molar-refractivity contribution in [2.45, 2.75) is 32.2 Å². The first-order valence-electron chi connectivity index (χ1n) is 8.66. The van der Waals surface area contributed by atoms with Crippen LogP contribution in [0.2, 0.25) is 0 Å². The number of hydrogen-bond donors (Lipinski definition) is 3. The summed E-state index contributed by atoms with van der Waals surface area (Å²) in [4.78, 5) is 16.9. The Morgan fingerprint density at radius 3 is 2.72 bits per heavy atom. The van der Waals surface area contributed by atoms with Gasteiger partial charge in [-0.25, -0.2) is 0 Å². The van der Waals surface area contributed by atoms with E-state index in [0.717, 1.165) is 38.2 Å². The zero-order valence-electron chi connectivity index (χ0n) is 14.7. The summed E-state index contributed by atoms with van der Waals surface area (Å²) in [5.74, 6) is 1.31. The number of aromatic amines is 1. The number of carbonyl (C=O) groups is 1. The van der Waals surface area contributed by atoms with Crippen LogP contribution in [0.5, 0.6) is 0 Å². The molecule has 1 saturated heterocycles. The molecule has 0 unspecified atom stereocenters. The minimum absolute atomic E-state index is 0.154. The van der Waals surface area contributed by atoms with Gasteiger partial charge in [-0.3, -0.25) is 15.2 Å². The highest BCUT2D eigenvalue weighted by atomic mass is 16.5. The van der Waals surface area contributed by atoms with Gasteiger partial charge in [0.2, 0.25) is 11.9 Å². The van der Waals surface area contributed by atoms with E-state index in [1.54, 1.807) is 0 Å². The van der Waals surface area contributed by atoms with Crippen molar-refractivity contribution >= 4 is 11.9 Å². The summed E-state index contributed by atoms with van der Waals surface area (Å²) in [6.45, 7) is 6.14. The summed E-state index contributed by atoms with van der Waals surface area (Å²) in [5, 5.41) is 13.1. The van der Waals surface area contributed by atoms with Gasteiger partial charge in [0, 0.05) is 18.8 Å². The minimum Gasteiger partial charge on any atom is -0.381 e. The second kappa shape index (κ2) is 7.76. The molecule has 3 rings (SSSR count). The molecule has 7 nitrogen and oxygen atoms in total. The van der Waals surface area contributed by atoms with Crippen LogP contribution in [0.25, 0.3) is 11.4 Å². The Morgan fingerprint density at radius 2 is 2.00 bits per heavy atom. The Balaban J connectivity index is 1.56. The highest BCUT2D eigenvalue weighted by Crippen LogP contribution is 2.17. The smallest absolute Gasteiger partial charge is 0.249 e. The fourth-order valence-corrected chi connectivity index (χ4v) is 2.73. The first-order valence-corrected chi connectivity index (χ1v) is 8.66. The zero-order chi connectivity index (χ0) is 17.7. The summed E-state index contributed by atoms with van der Waals surface area (Å²) >= 11 is 0. The maximum absolute atomic E-state index is 12.6. The number of anilines is 1. The van der Waals surface area contributed by atoms with Crippen LogP contribution < -0.4 is 10.6 Å². The summed E-state index contributed by atoms with van der Waals surface area (Å²) < 4.78 is 5.37. The van der Waals surface area contributed by atoms with Gasteiger partial charge in [-0.15, -0.1) is 5.10 Å². The van der Waals surface area contributed by atoms with E-state index in [1.807, 2.05) is 44.2 Å². The summed E-state index contributed by atoms with van der Waals surface area (Å²) in [5.41, 5.74) is 0.221. The molecule has 0 radical (unpaired) electrons. The maximum Gasteiger partial charge on any atom is 0.249 e. The van der Waals surface area contributed by atoms with E-state index in [0.29, 0.717) is 11.7 Å².